The van der Waals surface area contributed by atoms with Crippen LogP contribution in [0.1, 0.15) is 30.9 Å². The minimum Gasteiger partial charge on any atom is -0.372 e. The number of hydrazone groups is 1. The molecular weight excluding hydrogens is 415 g/mol. The normalized spacial score (nSPS) is 19.7. The molecule has 1 unspecified atom stereocenters. The Bertz CT molecular complexity index is 955. The van der Waals surface area contributed by atoms with Gasteiger partial charge in [-0.2, -0.15) is 5.10 Å². The van der Waals surface area contributed by atoms with Crippen molar-refractivity contribution >= 4 is 22.7 Å². The second-order valence-electron chi connectivity index (χ2n) is 6.84. The molecular formula is C21H22F3N3O2S. The molecule has 0 bridgehead atoms. The highest BCUT2D eigenvalue weighted by atomic mass is 32.2. The number of hydrogen-bond donors (Lipinski definition) is 1. The predicted molar refractivity (Wildman–Crippen MR) is 110 cm³/mol. The van der Waals surface area contributed by atoms with Crippen LogP contribution in [0.4, 0.5) is 13.2 Å². The number of benzene rings is 2. The minimum atomic E-state index is -1.11. The van der Waals surface area contributed by atoms with Crippen LogP contribution < -0.4 is 5.73 Å². The Labute approximate surface area is 177 Å². The Morgan fingerprint density at radius 1 is 1.20 bits per heavy atom. The van der Waals surface area contributed by atoms with Crippen LogP contribution in [0.25, 0.3) is 0 Å². The van der Waals surface area contributed by atoms with E-state index in [1.807, 2.05) is 0 Å². The lowest BCUT2D eigenvalue weighted by Gasteiger charge is -2.36. The van der Waals surface area contributed by atoms with E-state index in [9.17, 15) is 18.0 Å². The van der Waals surface area contributed by atoms with Crippen molar-refractivity contribution in [2.24, 2.45) is 10.8 Å². The van der Waals surface area contributed by atoms with Crippen LogP contribution in [-0.2, 0) is 14.4 Å². The zero-order chi connectivity index (χ0) is 21.9. The zero-order valence-corrected chi connectivity index (χ0v) is 17.4. The quantitative estimate of drug-likeness (QED) is 0.712. The predicted octanol–water partition coefficient (Wildman–Crippen LogP) is 3.97. The van der Waals surface area contributed by atoms with E-state index in [-0.39, 0.29) is 10.6 Å². The van der Waals surface area contributed by atoms with Gasteiger partial charge in [-0.05, 0) is 62.2 Å². The van der Waals surface area contributed by atoms with E-state index < -0.39 is 34.3 Å². The molecule has 0 aromatic heterocycles. The number of thioether (sulfide) groups is 1. The second-order valence-corrected chi connectivity index (χ2v) is 8.11. The number of rotatable bonds is 7. The van der Waals surface area contributed by atoms with Gasteiger partial charge < -0.3 is 10.5 Å². The van der Waals surface area contributed by atoms with E-state index in [0.29, 0.717) is 24.9 Å². The molecule has 3 rings (SSSR count). The molecule has 0 aliphatic carbocycles. The summed E-state index contributed by atoms with van der Waals surface area (Å²) in [6.45, 7) is 1.91. The Balaban J connectivity index is 2.16. The third-order valence-electron chi connectivity index (χ3n) is 4.88. The average molecular weight is 437 g/mol. The molecule has 1 aliphatic rings. The first-order valence-corrected chi connectivity index (χ1v) is 10.2. The van der Waals surface area contributed by atoms with Gasteiger partial charge in [-0.1, -0.05) is 23.9 Å². The van der Waals surface area contributed by atoms with Crippen molar-refractivity contribution in [1.82, 2.24) is 5.01 Å². The van der Waals surface area contributed by atoms with Gasteiger partial charge in [0.05, 0.1) is 0 Å². The molecule has 9 heteroatoms. The zero-order valence-electron chi connectivity index (χ0n) is 16.6. The molecule has 0 fully saturated rings. The van der Waals surface area contributed by atoms with Crippen LogP contribution in [0.3, 0.4) is 0 Å². The molecule has 2 N–H and O–H groups in total. The summed E-state index contributed by atoms with van der Waals surface area (Å²) in [4.78, 5) is 12.0. The maximum atomic E-state index is 14.5. The molecule has 1 heterocycles. The number of hydrogen-bond acceptors (Lipinski definition) is 5. The molecule has 2 aromatic carbocycles. The molecule has 0 radical (unpaired) electrons. The third kappa shape index (κ3) is 4.23. The van der Waals surface area contributed by atoms with Crippen LogP contribution in [0.2, 0.25) is 0 Å². The van der Waals surface area contributed by atoms with Gasteiger partial charge in [0.1, 0.15) is 33.5 Å². The van der Waals surface area contributed by atoms with Gasteiger partial charge in [-0.3, -0.25) is 4.79 Å². The fourth-order valence-corrected chi connectivity index (χ4v) is 4.63. The standard InChI is InChI=1S/C21H22F3N3O2S/c1-13(29-2)20(28)27-21(10-3-11-25,14-4-6-15(22)7-5-14)30-19(26-27)17-12-16(23)8-9-18(17)24/h4-9,12-13H,3,10-11,25H2,1-2H3/t13-,21?/m0/s1. The summed E-state index contributed by atoms with van der Waals surface area (Å²) in [5.41, 5.74) is 6.26. The number of carbonyl (C=O) groups is 1. The Morgan fingerprint density at radius 3 is 2.50 bits per heavy atom. The number of nitrogens with zero attached hydrogens (tertiary/aromatic N) is 2. The molecule has 1 aliphatic heterocycles. The number of carbonyl (C=O) groups excluding carboxylic acids is 1. The fourth-order valence-electron chi connectivity index (χ4n) is 3.20. The van der Waals surface area contributed by atoms with Crippen molar-refractivity contribution in [3.05, 3.63) is 71.0 Å². The van der Waals surface area contributed by atoms with Gasteiger partial charge in [-0.25, -0.2) is 18.2 Å². The van der Waals surface area contributed by atoms with Crippen molar-refractivity contribution < 1.29 is 22.7 Å². The van der Waals surface area contributed by atoms with Crippen molar-refractivity contribution in [2.45, 2.75) is 30.7 Å². The second kappa shape index (κ2) is 9.20. The van der Waals surface area contributed by atoms with E-state index in [1.165, 1.54) is 24.3 Å². The molecule has 5 nitrogen and oxygen atoms in total. The van der Waals surface area contributed by atoms with Crippen LogP contribution in [-0.4, -0.2) is 35.7 Å². The molecule has 160 valence electrons. The highest BCUT2D eigenvalue weighted by Gasteiger charge is 2.49. The summed E-state index contributed by atoms with van der Waals surface area (Å²) in [6.07, 6.45) is 0.0549. The fraction of sp³-hybridized carbons (Fsp3) is 0.333. The Hall–Kier alpha value is -2.36. The first kappa shape index (κ1) is 22.3. The lowest BCUT2D eigenvalue weighted by Crippen LogP contribution is -2.46. The van der Waals surface area contributed by atoms with Crippen molar-refractivity contribution in [2.75, 3.05) is 13.7 Å². The summed E-state index contributed by atoms with van der Waals surface area (Å²) in [6, 6.07) is 8.72. The average Bonchev–Trinajstić information content (AvgIpc) is 3.13. The summed E-state index contributed by atoms with van der Waals surface area (Å²) in [7, 11) is 1.39. The molecule has 2 aromatic rings. The monoisotopic (exact) mass is 437 g/mol. The molecule has 2 atom stereocenters. The van der Waals surface area contributed by atoms with E-state index in [2.05, 4.69) is 5.10 Å². The first-order chi connectivity index (χ1) is 14.3. The summed E-state index contributed by atoms with van der Waals surface area (Å²) in [5.74, 6) is -2.18. The maximum Gasteiger partial charge on any atom is 0.273 e. The van der Waals surface area contributed by atoms with Gasteiger partial charge in [0.25, 0.3) is 5.91 Å². The Kier molecular flexibility index (Phi) is 6.84. The first-order valence-electron chi connectivity index (χ1n) is 9.38. The van der Waals surface area contributed by atoms with Crippen molar-refractivity contribution in [3.63, 3.8) is 0 Å². The van der Waals surface area contributed by atoms with Gasteiger partial charge in [0.15, 0.2) is 0 Å². The topological polar surface area (TPSA) is 67.9 Å². The largest absolute Gasteiger partial charge is 0.372 e. The molecule has 0 saturated carbocycles. The highest BCUT2D eigenvalue weighted by molar-refractivity contribution is 8.15. The van der Waals surface area contributed by atoms with Crippen LogP contribution in [0.5, 0.6) is 0 Å². The maximum absolute atomic E-state index is 14.5. The number of methoxy groups -OCH3 is 1. The number of amides is 1. The highest BCUT2D eigenvalue weighted by Crippen LogP contribution is 2.50. The van der Waals surface area contributed by atoms with Crippen molar-refractivity contribution in [3.8, 4) is 0 Å². The number of nitrogens with two attached hydrogens (primary N) is 1. The molecule has 30 heavy (non-hydrogen) atoms. The van der Waals surface area contributed by atoms with Gasteiger partial charge in [0, 0.05) is 12.7 Å². The summed E-state index contributed by atoms with van der Waals surface area (Å²) in [5, 5.41) is 5.75. The van der Waals surface area contributed by atoms with Gasteiger partial charge in [-0.15, -0.1) is 0 Å². The lowest BCUT2D eigenvalue weighted by molar-refractivity contribution is -0.144. The van der Waals surface area contributed by atoms with E-state index in [1.54, 1.807) is 19.1 Å². The van der Waals surface area contributed by atoms with Crippen LogP contribution in [0.15, 0.2) is 47.6 Å². The van der Waals surface area contributed by atoms with E-state index >= 15 is 0 Å². The van der Waals surface area contributed by atoms with Crippen LogP contribution >= 0.6 is 11.8 Å². The summed E-state index contributed by atoms with van der Waals surface area (Å²) >= 11 is 1.11. The smallest absolute Gasteiger partial charge is 0.273 e. The SMILES string of the molecule is CO[C@@H](C)C(=O)N1N=C(c2cc(F)ccc2F)SC1(CCCN)c1ccc(F)cc1. The third-order valence-corrected chi connectivity index (χ3v) is 6.33. The number of ether oxygens (including phenoxy) is 1. The summed E-state index contributed by atoms with van der Waals surface area (Å²) < 4.78 is 47.0. The van der Waals surface area contributed by atoms with Gasteiger partial charge >= 0.3 is 0 Å². The molecule has 0 spiro atoms. The minimum absolute atomic E-state index is 0.0559. The van der Waals surface area contributed by atoms with Crippen LogP contribution in [0, 0.1) is 17.5 Å². The lowest BCUT2D eigenvalue weighted by atomic mass is 9.99. The van der Waals surface area contributed by atoms with E-state index in [4.69, 9.17) is 10.5 Å². The number of halogens is 3. The van der Waals surface area contributed by atoms with Gasteiger partial charge in [0.2, 0.25) is 0 Å². The van der Waals surface area contributed by atoms with E-state index in [0.717, 1.165) is 30.0 Å². The Morgan fingerprint density at radius 2 is 1.87 bits per heavy atom. The molecule has 0 saturated heterocycles. The molecule has 1 amide bonds. The van der Waals surface area contributed by atoms with Crippen molar-refractivity contribution in [1.29, 1.82) is 0 Å².